The lowest BCUT2D eigenvalue weighted by Crippen LogP contribution is -2.19. The molecule has 1 aromatic carbocycles. The number of aryl methyl sites for hydroxylation is 3. The zero-order chi connectivity index (χ0) is 18.5. The third kappa shape index (κ3) is 4.29. The molecule has 0 unspecified atom stereocenters. The Kier molecular flexibility index (Phi) is 5.68. The number of para-hydroxylation sites is 1. The van der Waals surface area contributed by atoms with Crippen LogP contribution in [0, 0.1) is 13.8 Å². The summed E-state index contributed by atoms with van der Waals surface area (Å²) < 4.78 is 2.16. The SMILES string of the molecule is CCn1cc(/C=N\NC(=O)CSc2nc(C)cc(C)n2)c2ccccc21. The van der Waals surface area contributed by atoms with Crippen LogP contribution in [0.4, 0.5) is 0 Å². The first-order valence-electron chi connectivity index (χ1n) is 8.41. The molecule has 134 valence electrons. The van der Waals surface area contributed by atoms with E-state index in [2.05, 4.69) is 44.1 Å². The number of rotatable bonds is 6. The molecule has 6 nitrogen and oxygen atoms in total. The molecule has 3 rings (SSSR count). The van der Waals surface area contributed by atoms with E-state index in [0.29, 0.717) is 5.16 Å². The van der Waals surface area contributed by atoms with Crippen molar-refractivity contribution in [1.82, 2.24) is 20.0 Å². The van der Waals surface area contributed by atoms with Gasteiger partial charge < -0.3 is 4.57 Å². The molecule has 1 N–H and O–H groups in total. The van der Waals surface area contributed by atoms with Gasteiger partial charge in [0.15, 0.2) is 5.16 Å². The fraction of sp³-hybridized carbons (Fsp3) is 0.263. The largest absolute Gasteiger partial charge is 0.347 e. The van der Waals surface area contributed by atoms with Crippen LogP contribution in [-0.4, -0.2) is 32.4 Å². The Morgan fingerprint density at radius 3 is 2.73 bits per heavy atom. The average Bonchev–Trinajstić information content (AvgIpc) is 2.97. The number of nitrogens with zero attached hydrogens (tertiary/aromatic N) is 4. The summed E-state index contributed by atoms with van der Waals surface area (Å²) in [5, 5.41) is 5.82. The molecule has 2 heterocycles. The maximum atomic E-state index is 12.0. The van der Waals surface area contributed by atoms with Crippen molar-refractivity contribution in [2.24, 2.45) is 5.10 Å². The number of hydrogen-bond acceptors (Lipinski definition) is 5. The first-order chi connectivity index (χ1) is 12.6. The van der Waals surface area contributed by atoms with Crippen molar-refractivity contribution >= 4 is 34.8 Å². The smallest absolute Gasteiger partial charge is 0.250 e. The van der Waals surface area contributed by atoms with Crippen molar-refractivity contribution < 1.29 is 4.79 Å². The van der Waals surface area contributed by atoms with Gasteiger partial charge in [0, 0.05) is 40.6 Å². The molecule has 3 aromatic rings. The highest BCUT2D eigenvalue weighted by atomic mass is 32.2. The number of benzene rings is 1. The van der Waals surface area contributed by atoms with E-state index in [1.807, 2.05) is 38.2 Å². The molecule has 0 saturated heterocycles. The van der Waals surface area contributed by atoms with E-state index in [-0.39, 0.29) is 11.7 Å². The number of thioether (sulfide) groups is 1. The maximum absolute atomic E-state index is 12.0. The molecule has 2 aromatic heterocycles. The van der Waals surface area contributed by atoms with Crippen LogP contribution in [-0.2, 0) is 11.3 Å². The van der Waals surface area contributed by atoms with Gasteiger partial charge >= 0.3 is 0 Å². The summed E-state index contributed by atoms with van der Waals surface area (Å²) in [7, 11) is 0. The fourth-order valence-corrected chi connectivity index (χ4v) is 3.48. The molecular formula is C19H21N5OS. The lowest BCUT2D eigenvalue weighted by atomic mass is 10.2. The van der Waals surface area contributed by atoms with E-state index >= 15 is 0 Å². The topological polar surface area (TPSA) is 72.2 Å². The summed E-state index contributed by atoms with van der Waals surface area (Å²) in [5.41, 5.74) is 6.49. The highest BCUT2D eigenvalue weighted by Crippen LogP contribution is 2.19. The van der Waals surface area contributed by atoms with Crippen LogP contribution in [0.2, 0.25) is 0 Å². The molecule has 0 aliphatic rings. The Bertz CT molecular complexity index is 943. The van der Waals surface area contributed by atoms with Gasteiger partial charge in [0.1, 0.15) is 0 Å². The molecule has 0 spiro atoms. The Balaban J connectivity index is 1.61. The Labute approximate surface area is 156 Å². The number of aromatic nitrogens is 3. The minimum absolute atomic E-state index is 0.187. The van der Waals surface area contributed by atoms with E-state index in [1.165, 1.54) is 11.8 Å². The Morgan fingerprint density at radius 1 is 1.27 bits per heavy atom. The number of hydrogen-bond donors (Lipinski definition) is 1. The van der Waals surface area contributed by atoms with Gasteiger partial charge in [-0.2, -0.15) is 5.10 Å². The monoisotopic (exact) mass is 367 g/mol. The number of amides is 1. The van der Waals surface area contributed by atoms with Crippen molar-refractivity contribution in [3.63, 3.8) is 0 Å². The van der Waals surface area contributed by atoms with Crippen molar-refractivity contribution in [2.75, 3.05) is 5.75 Å². The van der Waals surface area contributed by atoms with E-state index in [9.17, 15) is 4.79 Å². The molecule has 7 heteroatoms. The third-order valence-electron chi connectivity index (χ3n) is 3.85. The summed E-state index contributed by atoms with van der Waals surface area (Å²) in [6, 6.07) is 10.1. The van der Waals surface area contributed by atoms with Crippen molar-refractivity contribution in [3.05, 3.63) is 53.5 Å². The second kappa shape index (κ2) is 8.14. The molecule has 0 aliphatic heterocycles. The number of fused-ring (bicyclic) bond motifs is 1. The molecule has 0 saturated carbocycles. The predicted molar refractivity (Wildman–Crippen MR) is 106 cm³/mol. The van der Waals surface area contributed by atoms with Crippen LogP contribution in [0.25, 0.3) is 10.9 Å². The third-order valence-corrected chi connectivity index (χ3v) is 4.69. The van der Waals surface area contributed by atoms with Crippen molar-refractivity contribution in [3.8, 4) is 0 Å². The first-order valence-corrected chi connectivity index (χ1v) is 9.40. The predicted octanol–water partition coefficient (Wildman–Crippen LogP) is 3.31. The van der Waals surface area contributed by atoms with Crippen molar-refractivity contribution in [2.45, 2.75) is 32.5 Å². The number of carbonyl (C=O) groups excluding carboxylic acids is 1. The lowest BCUT2D eigenvalue weighted by molar-refractivity contribution is -0.118. The van der Waals surface area contributed by atoms with Gasteiger partial charge in [-0.3, -0.25) is 4.79 Å². The maximum Gasteiger partial charge on any atom is 0.250 e. The zero-order valence-corrected chi connectivity index (χ0v) is 15.9. The molecule has 1 amide bonds. The van der Waals surface area contributed by atoms with Gasteiger partial charge in [-0.15, -0.1) is 0 Å². The number of hydrazone groups is 1. The first kappa shape index (κ1) is 18.1. The number of carbonyl (C=O) groups is 1. The second-order valence-corrected chi connectivity index (χ2v) is 6.85. The molecule has 0 aliphatic carbocycles. The second-order valence-electron chi connectivity index (χ2n) is 5.90. The van der Waals surface area contributed by atoms with E-state index < -0.39 is 0 Å². The summed E-state index contributed by atoms with van der Waals surface area (Å²) in [5.74, 6) is 0.0324. The minimum Gasteiger partial charge on any atom is -0.347 e. The summed E-state index contributed by atoms with van der Waals surface area (Å²) in [4.78, 5) is 20.6. The quantitative estimate of drug-likeness (QED) is 0.314. The van der Waals surface area contributed by atoms with E-state index in [1.54, 1.807) is 6.21 Å². The number of nitrogens with one attached hydrogen (secondary N) is 1. The van der Waals surface area contributed by atoms with E-state index in [4.69, 9.17) is 0 Å². The molecule has 26 heavy (non-hydrogen) atoms. The Hall–Kier alpha value is -2.67. The molecule has 0 fully saturated rings. The van der Waals surface area contributed by atoms with Crippen LogP contribution in [0.3, 0.4) is 0 Å². The van der Waals surface area contributed by atoms with Gasteiger partial charge in [0.2, 0.25) is 0 Å². The zero-order valence-electron chi connectivity index (χ0n) is 15.1. The normalized spacial score (nSPS) is 11.3. The van der Waals surface area contributed by atoms with Crippen LogP contribution in [0.15, 0.2) is 46.8 Å². The van der Waals surface area contributed by atoms with E-state index in [0.717, 1.165) is 34.4 Å². The minimum atomic E-state index is -0.187. The Morgan fingerprint density at radius 2 is 2.00 bits per heavy atom. The lowest BCUT2D eigenvalue weighted by Gasteiger charge is -2.02. The molecule has 0 atom stereocenters. The van der Waals surface area contributed by atoms with Crippen LogP contribution < -0.4 is 5.43 Å². The standard InChI is InChI=1S/C19H21N5OS/c1-4-24-11-15(16-7-5-6-8-17(16)24)10-20-23-18(25)12-26-19-21-13(2)9-14(3)22-19/h5-11H,4,12H2,1-3H3,(H,23,25)/b20-10-. The molecular weight excluding hydrogens is 346 g/mol. The molecule has 0 bridgehead atoms. The highest BCUT2D eigenvalue weighted by molar-refractivity contribution is 7.99. The van der Waals surface area contributed by atoms with Gasteiger partial charge in [-0.1, -0.05) is 30.0 Å². The summed E-state index contributed by atoms with van der Waals surface area (Å²) in [6.07, 6.45) is 3.73. The highest BCUT2D eigenvalue weighted by Gasteiger charge is 2.07. The van der Waals surface area contributed by atoms with Crippen LogP contribution >= 0.6 is 11.8 Å². The average molecular weight is 367 g/mol. The summed E-state index contributed by atoms with van der Waals surface area (Å²) >= 11 is 1.30. The van der Waals surface area contributed by atoms with Crippen LogP contribution in [0.1, 0.15) is 23.9 Å². The fourth-order valence-electron chi connectivity index (χ4n) is 2.73. The van der Waals surface area contributed by atoms with Gasteiger partial charge in [0.05, 0.1) is 12.0 Å². The van der Waals surface area contributed by atoms with Gasteiger partial charge in [0.25, 0.3) is 5.91 Å². The van der Waals surface area contributed by atoms with Gasteiger partial charge in [-0.05, 0) is 32.9 Å². The molecule has 0 radical (unpaired) electrons. The van der Waals surface area contributed by atoms with Crippen LogP contribution in [0.5, 0.6) is 0 Å². The van der Waals surface area contributed by atoms with Gasteiger partial charge in [-0.25, -0.2) is 15.4 Å². The summed E-state index contributed by atoms with van der Waals surface area (Å²) in [6.45, 7) is 6.81. The van der Waals surface area contributed by atoms with Crippen molar-refractivity contribution in [1.29, 1.82) is 0 Å².